The Hall–Kier alpha value is -2.01. The molecule has 3 aromatic rings. The van der Waals surface area contributed by atoms with E-state index >= 15 is 0 Å². The fourth-order valence-corrected chi connectivity index (χ4v) is 3.62. The molecule has 0 atom stereocenters. The number of carbonyl (C=O) groups excluding carboxylic acids is 1. The molecule has 0 aliphatic heterocycles. The summed E-state index contributed by atoms with van der Waals surface area (Å²) in [5.74, 6) is -0.0385. The van der Waals surface area contributed by atoms with Crippen molar-refractivity contribution >= 4 is 43.4 Å². The van der Waals surface area contributed by atoms with Gasteiger partial charge in [-0.1, -0.05) is 23.8 Å². The Bertz CT molecular complexity index is 854. The van der Waals surface area contributed by atoms with Gasteiger partial charge in [-0.2, -0.15) is 0 Å². The number of anilines is 1. The molecule has 0 bridgehead atoms. The van der Waals surface area contributed by atoms with Gasteiger partial charge in [0.2, 0.25) is 5.91 Å². The van der Waals surface area contributed by atoms with Crippen LogP contribution >= 0.6 is 11.3 Å². The summed E-state index contributed by atoms with van der Waals surface area (Å²) in [6, 6.07) is 8.46. The van der Waals surface area contributed by atoms with Crippen LogP contribution in [0.1, 0.15) is 19.3 Å². The highest BCUT2D eigenvalue weighted by Gasteiger charge is 2.25. The van der Waals surface area contributed by atoms with Crippen molar-refractivity contribution in [3.05, 3.63) is 36.1 Å². The van der Waals surface area contributed by atoms with Crippen LogP contribution < -0.4 is 5.32 Å². The maximum absolute atomic E-state index is 13.3. The second kappa shape index (κ2) is 4.77. The van der Waals surface area contributed by atoms with Gasteiger partial charge >= 0.3 is 0 Å². The summed E-state index contributed by atoms with van der Waals surface area (Å²) in [4.78, 5) is 16.4. The third kappa shape index (κ3) is 2.17. The molecule has 0 saturated heterocycles. The Morgan fingerprint density at radius 3 is 2.90 bits per heavy atom. The van der Waals surface area contributed by atoms with Gasteiger partial charge in [-0.25, -0.2) is 9.37 Å². The minimum atomic E-state index is -0.245. The van der Waals surface area contributed by atoms with Crippen LogP contribution in [0.2, 0.25) is 0 Å². The molecule has 1 aliphatic rings. The summed E-state index contributed by atoms with van der Waals surface area (Å²) in [6.45, 7) is 0. The zero-order chi connectivity index (χ0) is 14.4. The van der Waals surface area contributed by atoms with Crippen LogP contribution in [0, 0.1) is 11.7 Å². The van der Waals surface area contributed by atoms with E-state index in [2.05, 4.69) is 10.3 Å². The molecule has 1 heterocycles. The summed E-state index contributed by atoms with van der Waals surface area (Å²) < 4.78 is 14.3. The molecule has 1 aliphatic carbocycles. The maximum Gasteiger partial charge on any atom is 0.229 e. The van der Waals surface area contributed by atoms with Crippen molar-refractivity contribution in [1.29, 1.82) is 0 Å². The van der Waals surface area contributed by atoms with E-state index in [9.17, 15) is 9.18 Å². The van der Waals surface area contributed by atoms with Crippen LogP contribution in [0.4, 0.5) is 9.52 Å². The first-order chi connectivity index (χ1) is 10.2. The Morgan fingerprint density at radius 1 is 1.29 bits per heavy atom. The van der Waals surface area contributed by atoms with Crippen molar-refractivity contribution in [2.75, 3.05) is 5.32 Å². The predicted molar refractivity (Wildman–Crippen MR) is 83.1 cm³/mol. The van der Waals surface area contributed by atoms with Crippen LogP contribution in [0.15, 0.2) is 30.3 Å². The summed E-state index contributed by atoms with van der Waals surface area (Å²) in [6.07, 6.45) is 3.08. The van der Waals surface area contributed by atoms with E-state index in [1.165, 1.54) is 23.5 Å². The highest BCUT2D eigenvalue weighted by atomic mass is 32.1. The molecule has 5 heteroatoms. The monoisotopic (exact) mass is 300 g/mol. The van der Waals surface area contributed by atoms with E-state index in [4.69, 9.17) is 0 Å². The molecule has 106 valence electrons. The Morgan fingerprint density at radius 2 is 2.14 bits per heavy atom. The molecular formula is C16H13FN2OS. The van der Waals surface area contributed by atoms with Gasteiger partial charge in [-0.3, -0.25) is 4.79 Å². The number of thiazole rings is 1. The first-order valence-electron chi connectivity index (χ1n) is 7.00. The van der Waals surface area contributed by atoms with Crippen molar-refractivity contribution in [2.24, 2.45) is 5.92 Å². The molecule has 1 amide bonds. The largest absolute Gasteiger partial charge is 0.302 e. The molecule has 21 heavy (non-hydrogen) atoms. The van der Waals surface area contributed by atoms with Crippen molar-refractivity contribution in [1.82, 2.24) is 4.98 Å². The number of fused-ring (bicyclic) bond motifs is 3. The second-order valence-electron chi connectivity index (χ2n) is 5.42. The standard InChI is InChI=1S/C16H13FN2OS/c17-11-5-6-12-10(8-11)4-7-13-14(12)21-16(18-13)19-15(20)9-2-1-3-9/h4-9H,1-3H2,(H,18,19,20). The minimum absolute atomic E-state index is 0.0654. The van der Waals surface area contributed by atoms with Crippen molar-refractivity contribution in [3.8, 4) is 0 Å². The number of rotatable bonds is 2. The van der Waals surface area contributed by atoms with E-state index in [0.717, 1.165) is 40.3 Å². The van der Waals surface area contributed by atoms with Gasteiger partial charge in [0.25, 0.3) is 0 Å². The van der Waals surface area contributed by atoms with Crippen LogP contribution in [-0.2, 0) is 4.79 Å². The molecule has 1 saturated carbocycles. The summed E-state index contributed by atoms with van der Waals surface area (Å²) in [7, 11) is 0. The number of halogens is 1. The lowest BCUT2D eigenvalue weighted by Gasteiger charge is -2.23. The topological polar surface area (TPSA) is 42.0 Å². The number of benzene rings is 2. The van der Waals surface area contributed by atoms with Crippen LogP contribution in [0.5, 0.6) is 0 Å². The zero-order valence-corrected chi connectivity index (χ0v) is 12.0. The first kappa shape index (κ1) is 12.7. The van der Waals surface area contributed by atoms with E-state index < -0.39 is 0 Å². The van der Waals surface area contributed by atoms with Crippen LogP contribution in [-0.4, -0.2) is 10.9 Å². The molecule has 1 aromatic heterocycles. The average Bonchev–Trinajstić information content (AvgIpc) is 2.78. The lowest BCUT2D eigenvalue weighted by molar-refractivity contribution is -0.122. The van der Waals surface area contributed by atoms with Crippen LogP contribution in [0.3, 0.4) is 0 Å². The Balaban J connectivity index is 1.74. The molecule has 0 radical (unpaired) electrons. The highest BCUT2D eigenvalue weighted by Crippen LogP contribution is 2.34. The molecule has 0 spiro atoms. The quantitative estimate of drug-likeness (QED) is 0.765. The first-order valence-corrected chi connectivity index (χ1v) is 7.82. The number of nitrogens with one attached hydrogen (secondary N) is 1. The number of hydrogen-bond acceptors (Lipinski definition) is 3. The predicted octanol–water partition coefficient (Wildman–Crippen LogP) is 4.33. The van der Waals surface area contributed by atoms with Gasteiger partial charge < -0.3 is 5.32 Å². The van der Waals surface area contributed by atoms with Crippen molar-refractivity contribution in [2.45, 2.75) is 19.3 Å². The number of nitrogens with zero attached hydrogens (tertiary/aromatic N) is 1. The number of carbonyl (C=O) groups is 1. The van der Waals surface area contributed by atoms with Gasteiger partial charge in [-0.05, 0) is 42.5 Å². The number of aromatic nitrogens is 1. The third-order valence-corrected chi connectivity index (χ3v) is 5.06. The smallest absolute Gasteiger partial charge is 0.229 e. The molecular weight excluding hydrogens is 287 g/mol. The van der Waals surface area contributed by atoms with E-state index in [1.807, 2.05) is 12.1 Å². The number of hydrogen-bond donors (Lipinski definition) is 1. The zero-order valence-electron chi connectivity index (χ0n) is 11.2. The normalized spacial score (nSPS) is 15.3. The SMILES string of the molecule is O=C(Nc1nc2ccc3cc(F)ccc3c2s1)C1CCC1. The Labute approximate surface area is 124 Å². The fourth-order valence-electron chi connectivity index (χ4n) is 2.62. The average molecular weight is 300 g/mol. The van der Waals surface area contributed by atoms with Gasteiger partial charge in [0.15, 0.2) is 5.13 Å². The third-order valence-electron chi connectivity index (χ3n) is 4.04. The maximum atomic E-state index is 13.3. The summed E-state index contributed by atoms with van der Waals surface area (Å²) in [5.41, 5.74) is 0.836. The van der Waals surface area contributed by atoms with Gasteiger partial charge in [0.05, 0.1) is 10.2 Å². The highest BCUT2D eigenvalue weighted by molar-refractivity contribution is 7.23. The van der Waals surface area contributed by atoms with E-state index in [0.29, 0.717) is 5.13 Å². The van der Waals surface area contributed by atoms with Crippen LogP contribution in [0.25, 0.3) is 21.0 Å². The summed E-state index contributed by atoms with van der Waals surface area (Å²) in [5, 5.41) is 5.35. The lowest BCUT2D eigenvalue weighted by Crippen LogP contribution is -2.27. The molecule has 2 aromatic carbocycles. The van der Waals surface area contributed by atoms with Crippen molar-refractivity contribution in [3.63, 3.8) is 0 Å². The fraction of sp³-hybridized carbons (Fsp3) is 0.250. The molecule has 0 unspecified atom stereocenters. The molecule has 1 N–H and O–H groups in total. The Kier molecular flexibility index (Phi) is 2.89. The summed E-state index contributed by atoms with van der Waals surface area (Å²) >= 11 is 1.45. The van der Waals surface area contributed by atoms with Gasteiger partial charge in [-0.15, -0.1) is 0 Å². The molecule has 3 nitrogen and oxygen atoms in total. The van der Waals surface area contributed by atoms with E-state index in [-0.39, 0.29) is 17.6 Å². The number of amides is 1. The lowest BCUT2D eigenvalue weighted by atomic mass is 9.85. The van der Waals surface area contributed by atoms with Gasteiger partial charge in [0, 0.05) is 11.3 Å². The van der Waals surface area contributed by atoms with Crippen molar-refractivity contribution < 1.29 is 9.18 Å². The van der Waals surface area contributed by atoms with Gasteiger partial charge in [0.1, 0.15) is 5.82 Å². The molecule has 4 rings (SSSR count). The second-order valence-corrected chi connectivity index (χ2v) is 6.41. The molecule has 1 fully saturated rings. The van der Waals surface area contributed by atoms with E-state index in [1.54, 1.807) is 6.07 Å². The minimum Gasteiger partial charge on any atom is -0.302 e.